The summed E-state index contributed by atoms with van der Waals surface area (Å²) in [6.45, 7) is 4.43. The van der Waals surface area contributed by atoms with Gasteiger partial charge in [-0.15, -0.1) is 0 Å². The van der Waals surface area contributed by atoms with Crippen molar-refractivity contribution in [3.8, 4) is 0 Å². The van der Waals surface area contributed by atoms with Gasteiger partial charge in [-0.3, -0.25) is 0 Å². The Bertz CT molecular complexity index is 548. The first-order chi connectivity index (χ1) is 10.00. The zero-order valence-corrected chi connectivity index (χ0v) is 13.0. The van der Waals surface area contributed by atoms with Crippen molar-refractivity contribution in [2.75, 3.05) is 31.1 Å². The van der Waals surface area contributed by atoms with Crippen molar-refractivity contribution >= 4 is 15.9 Å². The van der Waals surface area contributed by atoms with Crippen LogP contribution < -0.4 is 14.3 Å². The summed E-state index contributed by atoms with van der Waals surface area (Å²) < 4.78 is 41.3. The van der Waals surface area contributed by atoms with Crippen LogP contribution in [0.15, 0.2) is 24.3 Å². The maximum atomic E-state index is 12.9. The van der Waals surface area contributed by atoms with E-state index in [9.17, 15) is 12.8 Å². The van der Waals surface area contributed by atoms with E-state index in [0.29, 0.717) is 13.1 Å². The summed E-state index contributed by atoms with van der Waals surface area (Å²) in [6.07, 6.45) is 1.69. The Kier molecular flexibility index (Phi) is 5.55. The molecule has 0 aliphatic carbocycles. The van der Waals surface area contributed by atoms with E-state index in [1.54, 1.807) is 12.1 Å². The highest BCUT2D eigenvalue weighted by molar-refractivity contribution is 7.87. The Hall–Kier alpha value is -1.18. The van der Waals surface area contributed by atoms with E-state index in [1.807, 2.05) is 6.92 Å². The molecular formula is C14H22FN3O2S. The second-order valence-electron chi connectivity index (χ2n) is 5.32. The molecule has 0 aromatic heterocycles. The maximum Gasteiger partial charge on any atom is 0.276 e. The zero-order valence-electron chi connectivity index (χ0n) is 12.2. The molecule has 2 rings (SSSR count). The molecule has 0 radical (unpaired) electrons. The van der Waals surface area contributed by atoms with E-state index in [4.69, 9.17) is 0 Å². The molecule has 0 spiro atoms. The molecule has 1 heterocycles. The maximum absolute atomic E-state index is 12.9. The molecule has 1 aromatic rings. The lowest BCUT2D eigenvalue weighted by Gasteiger charge is -2.18. The molecule has 0 unspecified atom stereocenters. The summed E-state index contributed by atoms with van der Waals surface area (Å²) in [5.41, 5.74) is 0.978. The van der Waals surface area contributed by atoms with Crippen molar-refractivity contribution in [2.24, 2.45) is 5.92 Å². The number of hydrogen-bond donors (Lipinski definition) is 2. The molecular weight excluding hydrogens is 293 g/mol. The number of nitrogens with zero attached hydrogens (tertiary/aromatic N) is 1. The summed E-state index contributed by atoms with van der Waals surface area (Å²) in [6, 6.07) is 6.40. The number of nitrogens with one attached hydrogen (secondary N) is 2. The average Bonchev–Trinajstić information content (AvgIpc) is 2.93. The Morgan fingerprint density at radius 3 is 2.67 bits per heavy atom. The molecule has 7 heteroatoms. The summed E-state index contributed by atoms with van der Waals surface area (Å²) in [5, 5.41) is 0. The fourth-order valence-electron chi connectivity index (χ4n) is 2.40. The van der Waals surface area contributed by atoms with Crippen LogP contribution in [0.25, 0.3) is 0 Å². The van der Waals surface area contributed by atoms with Crippen molar-refractivity contribution in [3.63, 3.8) is 0 Å². The van der Waals surface area contributed by atoms with E-state index >= 15 is 0 Å². The molecule has 0 saturated carbocycles. The lowest BCUT2D eigenvalue weighted by Crippen LogP contribution is -2.39. The van der Waals surface area contributed by atoms with Crippen molar-refractivity contribution in [3.05, 3.63) is 30.1 Å². The van der Waals surface area contributed by atoms with E-state index < -0.39 is 10.2 Å². The summed E-state index contributed by atoms with van der Waals surface area (Å²) in [5.74, 6) is 0.0255. The Morgan fingerprint density at radius 1 is 1.29 bits per heavy atom. The predicted molar refractivity (Wildman–Crippen MR) is 81.9 cm³/mol. The molecule has 1 saturated heterocycles. The van der Waals surface area contributed by atoms with Gasteiger partial charge in [0.25, 0.3) is 10.2 Å². The fraction of sp³-hybridized carbons (Fsp3) is 0.571. The predicted octanol–water partition coefficient (Wildman–Crippen LogP) is 1.49. The first-order valence-electron chi connectivity index (χ1n) is 7.25. The summed E-state index contributed by atoms with van der Waals surface area (Å²) in [4.78, 5) is 2.15. The Balaban J connectivity index is 1.81. The van der Waals surface area contributed by atoms with Gasteiger partial charge in [-0.25, -0.2) is 13.8 Å². The fourth-order valence-corrected chi connectivity index (χ4v) is 3.43. The highest BCUT2D eigenvalue weighted by Gasteiger charge is 2.24. The molecule has 1 fully saturated rings. The van der Waals surface area contributed by atoms with Gasteiger partial charge in [0, 0.05) is 31.9 Å². The van der Waals surface area contributed by atoms with Gasteiger partial charge in [0.2, 0.25) is 0 Å². The third-order valence-electron chi connectivity index (χ3n) is 3.58. The number of benzene rings is 1. The molecule has 1 aromatic carbocycles. The summed E-state index contributed by atoms with van der Waals surface area (Å²) >= 11 is 0. The third-order valence-corrected chi connectivity index (χ3v) is 4.71. The normalized spacial score (nSPS) is 19.1. The smallest absolute Gasteiger partial charge is 0.276 e. The van der Waals surface area contributed by atoms with Crippen LogP contribution in [0.3, 0.4) is 0 Å². The van der Waals surface area contributed by atoms with Crippen LogP contribution in [-0.4, -0.2) is 34.6 Å². The largest absolute Gasteiger partial charge is 0.371 e. The molecule has 2 N–H and O–H groups in total. The van der Waals surface area contributed by atoms with Gasteiger partial charge in [0.05, 0.1) is 0 Å². The quantitative estimate of drug-likeness (QED) is 0.801. The van der Waals surface area contributed by atoms with Crippen LogP contribution in [0.1, 0.15) is 19.8 Å². The van der Waals surface area contributed by atoms with Gasteiger partial charge in [0.15, 0.2) is 0 Å². The van der Waals surface area contributed by atoms with Gasteiger partial charge >= 0.3 is 0 Å². The highest BCUT2D eigenvalue weighted by atomic mass is 32.2. The monoisotopic (exact) mass is 315 g/mol. The summed E-state index contributed by atoms with van der Waals surface area (Å²) in [7, 11) is -3.39. The molecule has 0 bridgehead atoms. The molecule has 1 atom stereocenters. The van der Waals surface area contributed by atoms with Crippen LogP contribution >= 0.6 is 0 Å². The van der Waals surface area contributed by atoms with Crippen molar-refractivity contribution in [1.29, 1.82) is 0 Å². The molecule has 118 valence electrons. The molecule has 1 aliphatic heterocycles. The topological polar surface area (TPSA) is 61.4 Å². The van der Waals surface area contributed by atoms with Gasteiger partial charge < -0.3 is 4.90 Å². The molecule has 5 nitrogen and oxygen atoms in total. The van der Waals surface area contributed by atoms with Gasteiger partial charge in [-0.2, -0.15) is 8.42 Å². The minimum atomic E-state index is -3.39. The molecule has 21 heavy (non-hydrogen) atoms. The van der Waals surface area contributed by atoms with E-state index in [1.165, 1.54) is 12.1 Å². The number of anilines is 1. The lowest BCUT2D eigenvalue weighted by atomic mass is 10.1. The number of hydrogen-bond acceptors (Lipinski definition) is 3. The zero-order chi connectivity index (χ0) is 15.3. The second-order valence-corrected chi connectivity index (χ2v) is 6.91. The second kappa shape index (κ2) is 7.20. The van der Waals surface area contributed by atoms with E-state index in [-0.39, 0.29) is 11.7 Å². The van der Waals surface area contributed by atoms with E-state index in [2.05, 4.69) is 14.3 Å². The minimum Gasteiger partial charge on any atom is -0.371 e. The highest BCUT2D eigenvalue weighted by Crippen LogP contribution is 2.23. The minimum absolute atomic E-state index is 0.246. The van der Waals surface area contributed by atoms with Crippen LogP contribution in [-0.2, 0) is 10.2 Å². The van der Waals surface area contributed by atoms with Gasteiger partial charge in [0.1, 0.15) is 5.82 Å². The van der Waals surface area contributed by atoms with Gasteiger partial charge in [-0.1, -0.05) is 6.92 Å². The SMILES string of the molecule is CCCNS(=O)(=O)NC[C@H]1CCN(c2ccc(F)cc2)C1. The van der Waals surface area contributed by atoms with Crippen molar-refractivity contribution in [2.45, 2.75) is 19.8 Å². The number of rotatable bonds is 7. The molecule has 0 amide bonds. The molecule has 1 aliphatic rings. The standard InChI is InChI=1S/C14H22FN3O2S/c1-2-8-16-21(19,20)17-10-12-7-9-18(11-12)14-5-3-13(15)4-6-14/h3-6,12,16-17H,2,7-11H2,1H3/t12-/m1/s1. The first kappa shape index (κ1) is 16.2. The average molecular weight is 315 g/mol. The third kappa shape index (κ3) is 4.94. The lowest BCUT2D eigenvalue weighted by molar-refractivity contribution is 0.532. The van der Waals surface area contributed by atoms with Crippen molar-refractivity contribution < 1.29 is 12.8 Å². The Labute approximate surface area is 125 Å². The van der Waals surface area contributed by atoms with Crippen molar-refractivity contribution in [1.82, 2.24) is 9.44 Å². The number of halogens is 1. The van der Waals surface area contributed by atoms with Crippen LogP contribution in [0.4, 0.5) is 10.1 Å². The van der Waals surface area contributed by atoms with E-state index in [0.717, 1.165) is 31.6 Å². The first-order valence-corrected chi connectivity index (χ1v) is 8.73. The Morgan fingerprint density at radius 2 is 2.00 bits per heavy atom. The van der Waals surface area contributed by atoms with Crippen LogP contribution in [0.5, 0.6) is 0 Å². The van der Waals surface area contributed by atoms with Crippen LogP contribution in [0, 0.1) is 11.7 Å². The van der Waals surface area contributed by atoms with Gasteiger partial charge in [-0.05, 0) is 43.0 Å². The van der Waals surface area contributed by atoms with Crippen LogP contribution in [0.2, 0.25) is 0 Å².